The van der Waals surface area contributed by atoms with Gasteiger partial charge < -0.3 is 31.2 Å². The van der Waals surface area contributed by atoms with Gasteiger partial charge in [-0.05, 0) is 12.1 Å². The lowest BCUT2D eigenvalue weighted by Crippen LogP contribution is -2.23. The second-order valence-electron chi connectivity index (χ2n) is 7.69. The Morgan fingerprint density at radius 2 is 2.14 bits per heavy atom. The molecule has 0 aromatic carbocycles. The first kappa shape index (κ1) is 22.0. The zero-order chi connectivity index (χ0) is 20.9. The summed E-state index contributed by atoms with van der Waals surface area (Å²) in [4.78, 5) is 16.1. The molecule has 2 aromatic heterocycles. The van der Waals surface area contributed by atoms with Gasteiger partial charge in [-0.1, -0.05) is 19.6 Å². The number of rotatable bonds is 11. The maximum absolute atomic E-state index is 11.6. The zero-order valence-corrected chi connectivity index (χ0v) is 18.6. The van der Waals surface area contributed by atoms with Gasteiger partial charge in [0, 0.05) is 51.8 Å². The number of allylic oxidation sites excluding steroid dienone is 1. The highest BCUT2D eigenvalue weighted by molar-refractivity contribution is 7.19. The number of aryl methyl sites for hydroxylation is 1. The van der Waals surface area contributed by atoms with E-state index in [1.165, 1.54) is 11.3 Å². The van der Waals surface area contributed by atoms with Crippen molar-refractivity contribution in [2.45, 2.75) is 32.1 Å². The Morgan fingerprint density at radius 1 is 1.43 bits per heavy atom. The number of nitrogens with zero attached hydrogens (tertiary/aromatic N) is 2. The van der Waals surface area contributed by atoms with E-state index >= 15 is 0 Å². The number of carbonyl (C=O) groups is 1. The Hall–Kier alpha value is -2.30. The monoisotopic (exact) mass is 420 g/mol. The maximum Gasteiger partial charge on any atom is 0.266 e. The van der Waals surface area contributed by atoms with Gasteiger partial charge in [-0.3, -0.25) is 4.79 Å². The topological polar surface area (TPSA) is 130 Å². The quantitative estimate of drug-likeness (QED) is 0.193. The fraction of sp³-hybridized carbons (Fsp3) is 0.444. The highest BCUT2D eigenvalue weighted by Crippen LogP contribution is 2.29. The van der Waals surface area contributed by atoms with Gasteiger partial charge in [0.1, 0.15) is 17.4 Å². The van der Waals surface area contributed by atoms with Crippen LogP contribution < -0.4 is 11.1 Å². The number of thiazole rings is 1. The van der Waals surface area contributed by atoms with Crippen LogP contribution in [0.15, 0.2) is 12.3 Å². The van der Waals surface area contributed by atoms with Gasteiger partial charge in [-0.25, -0.2) is 4.98 Å². The van der Waals surface area contributed by atoms with Crippen molar-refractivity contribution in [1.82, 2.24) is 14.9 Å². The summed E-state index contributed by atoms with van der Waals surface area (Å²) >= 11 is 1.37. The average molecular weight is 421 g/mol. The fourth-order valence-corrected chi connectivity index (χ4v) is 4.49. The summed E-state index contributed by atoms with van der Waals surface area (Å²) in [7, 11) is 0.636. The standard InChI is InChI=1S/C18H28N6O2SSi/c1-24-15(17(21)25)13(10-19)16-18(24)23-14(27-16)9-12(20)5-6-22-11-26-7-8-28(2,3)4/h5-6,10,19-20,22H,7-9,11H2,1-4H3,(H2,21,25)/b6-5-,19-10?,20-12?. The van der Waals surface area contributed by atoms with E-state index in [-0.39, 0.29) is 5.69 Å². The molecule has 0 aliphatic rings. The summed E-state index contributed by atoms with van der Waals surface area (Å²) in [5.41, 5.74) is 7.18. The van der Waals surface area contributed by atoms with Gasteiger partial charge in [0.2, 0.25) is 0 Å². The molecule has 0 saturated heterocycles. The van der Waals surface area contributed by atoms with Crippen LogP contribution in [0.3, 0.4) is 0 Å². The van der Waals surface area contributed by atoms with Gasteiger partial charge in [-0.15, -0.1) is 11.3 Å². The van der Waals surface area contributed by atoms with Gasteiger partial charge in [0.25, 0.3) is 5.91 Å². The number of aromatic nitrogens is 2. The van der Waals surface area contributed by atoms with Gasteiger partial charge >= 0.3 is 0 Å². The molecule has 0 radical (unpaired) electrons. The van der Waals surface area contributed by atoms with Crippen LogP contribution in [-0.4, -0.2) is 48.8 Å². The van der Waals surface area contributed by atoms with Crippen molar-refractivity contribution in [2.75, 3.05) is 13.3 Å². The SMILES string of the molecule is Cn1c(C(N)=O)c(C=N)c2sc(CC(=N)/C=C\NCOCC[Si](C)(C)C)nc21. The Morgan fingerprint density at radius 3 is 2.75 bits per heavy atom. The van der Waals surface area contributed by atoms with Crippen molar-refractivity contribution in [3.05, 3.63) is 28.5 Å². The normalized spacial score (nSPS) is 12.0. The maximum atomic E-state index is 11.6. The number of hydrogen-bond donors (Lipinski definition) is 4. The predicted octanol–water partition coefficient (Wildman–Crippen LogP) is 2.71. The number of nitrogens with one attached hydrogen (secondary N) is 3. The van der Waals surface area contributed by atoms with E-state index in [0.717, 1.165) is 28.6 Å². The molecule has 1 amide bonds. The number of amides is 1. The lowest BCUT2D eigenvalue weighted by Gasteiger charge is -2.15. The molecule has 2 rings (SSSR count). The van der Waals surface area contributed by atoms with Crippen LogP contribution in [0.5, 0.6) is 0 Å². The summed E-state index contributed by atoms with van der Waals surface area (Å²) in [6, 6.07) is 1.13. The molecule has 0 fully saturated rings. The van der Waals surface area contributed by atoms with Crippen molar-refractivity contribution in [2.24, 2.45) is 12.8 Å². The second kappa shape index (κ2) is 9.26. The molecule has 0 unspecified atom stereocenters. The third-order valence-corrected chi connectivity index (χ3v) is 6.89. The fourth-order valence-electron chi connectivity index (χ4n) is 2.60. The summed E-state index contributed by atoms with van der Waals surface area (Å²) in [5.74, 6) is -0.582. The minimum Gasteiger partial charge on any atom is -0.369 e. The van der Waals surface area contributed by atoms with Crippen LogP contribution in [-0.2, 0) is 18.2 Å². The highest BCUT2D eigenvalue weighted by Gasteiger charge is 2.21. The molecular formula is C18H28N6O2SSi. The molecule has 0 aliphatic heterocycles. The highest BCUT2D eigenvalue weighted by atomic mass is 32.1. The predicted molar refractivity (Wildman–Crippen MR) is 118 cm³/mol. The summed E-state index contributed by atoms with van der Waals surface area (Å²) in [5, 5.41) is 19.4. The third-order valence-electron chi connectivity index (χ3n) is 4.11. The average Bonchev–Trinajstić information content (AvgIpc) is 3.10. The Kier molecular flexibility index (Phi) is 7.27. The van der Waals surface area contributed by atoms with Crippen molar-refractivity contribution in [3.8, 4) is 0 Å². The van der Waals surface area contributed by atoms with Crippen LogP contribution in [0.25, 0.3) is 10.3 Å². The molecule has 152 valence electrons. The van der Waals surface area contributed by atoms with Gasteiger partial charge in [0.05, 0.1) is 4.70 Å². The Bertz CT molecular complexity index is 909. The molecule has 10 heteroatoms. The molecule has 0 saturated carbocycles. The number of hydrogen-bond acceptors (Lipinski definition) is 7. The molecule has 0 aliphatic carbocycles. The van der Waals surface area contributed by atoms with E-state index in [0.29, 0.717) is 30.1 Å². The lowest BCUT2D eigenvalue weighted by atomic mass is 10.2. The van der Waals surface area contributed by atoms with E-state index in [1.54, 1.807) is 23.9 Å². The van der Waals surface area contributed by atoms with E-state index in [4.69, 9.17) is 21.3 Å². The molecule has 0 spiro atoms. The van der Waals surface area contributed by atoms with Crippen molar-refractivity contribution in [1.29, 1.82) is 10.8 Å². The molecule has 0 bridgehead atoms. The number of ether oxygens (including phenoxy) is 1. The molecule has 28 heavy (non-hydrogen) atoms. The van der Waals surface area contributed by atoms with Gasteiger partial charge in [0.15, 0.2) is 5.65 Å². The first-order chi connectivity index (χ1) is 13.1. The van der Waals surface area contributed by atoms with Crippen LogP contribution in [0.1, 0.15) is 21.1 Å². The third kappa shape index (κ3) is 5.60. The summed E-state index contributed by atoms with van der Waals surface area (Å²) in [6.45, 7) is 8.11. The number of primary amides is 1. The van der Waals surface area contributed by atoms with Crippen LogP contribution in [0.4, 0.5) is 0 Å². The number of fused-ring (bicyclic) bond motifs is 1. The first-order valence-corrected chi connectivity index (χ1v) is 13.5. The van der Waals surface area contributed by atoms with Crippen LogP contribution in [0, 0.1) is 10.8 Å². The molecule has 8 nitrogen and oxygen atoms in total. The summed E-state index contributed by atoms with van der Waals surface area (Å²) < 4.78 is 7.89. The minimum absolute atomic E-state index is 0.281. The van der Waals surface area contributed by atoms with E-state index in [2.05, 4.69) is 29.9 Å². The van der Waals surface area contributed by atoms with Crippen molar-refractivity contribution in [3.63, 3.8) is 0 Å². The molecular weight excluding hydrogens is 392 g/mol. The second-order valence-corrected chi connectivity index (χ2v) is 14.4. The largest absolute Gasteiger partial charge is 0.369 e. The molecule has 2 heterocycles. The Labute approximate surface area is 169 Å². The van der Waals surface area contributed by atoms with E-state index in [1.807, 2.05) is 0 Å². The Balaban J connectivity index is 1.91. The molecule has 0 atom stereocenters. The van der Waals surface area contributed by atoms with Crippen LogP contribution in [0.2, 0.25) is 25.7 Å². The molecule has 5 N–H and O–H groups in total. The zero-order valence-electron chi connectivity index (χ0n) is 16.8. The van der Waals surface area contributed by atoms with E-state index in [9.17, 15) is 4.79 Å². The number of carbonyl (C=O) groups excluding carboxylic acids is 1. The van der Waals surface area contributed by atoms with Crippen molar-refractivity contribution >= 4 is 47.6 Å². The number of nitrogens with two attached hydrogens (primary N) is 1. The van der Waals surface area contributed by atoms with Crippen LogP contribution >= 0.6 is 11.3 Å². The lowest BCUT2D eigenvalue weighted by molar-refractivity contribution is 0.0993. The first-order valence-electron chi connectivity index (χ1n) is 8.97. The van der Waals surface area contributed by atoms with Gasteiger partial charge in [-0.2, -0.15) is 0 Å². The van der Waals surface area contributed by atoms with Crippen molar-refractivity contribution < 1.29 is 9.53 Å². The summed E-state index contributed by atoms with van der Waals surface area (Å²) in [6.07, 6.45) is 4.89. The molecule has 2 aromatic rings. The smallest absolute Gasteiger partial charge is 0.266 e. The minimum atomic E-state index is -1.07. The van der Waals surface area contributed by atoms with E-state index < -0.39 is 14.0 Å².